The van der Waals surface area contributed by atoms with Crippen LogP contribution in [-0.2, 0) is 25.5 Å². The third-order valence-electron chi connectivity index (χ3n) is 4.98. The molecule has 1 aliphatic carbocycles. The van der Waals surface area contributed by atoms with Crippen LogP contribution in [0.25, 0.3) is 0 Å². The molecule has 0 unspecified atom stereocenters. The zero-order valence-corrected chi connectivity index (χ0v) is 17.0. The summed E-state index contributed by atoms with van der Waals surface area (Å²) in [6.45, 7) is 5.65. The lowest BCUT2D eigenvalue weighted by atomic mass is 9.75. The first-order valence-electron chi connectivity index (χ1n) is 9.74. The molecule has 154 valence electrons. The zero-order chi connectivity index (χ0) is 20.7. The molecule has 0 aliphatic heterocycles. The van der Waals surface area contributed by atoms with Gasteiger partial charge in [0, 0.05) is 12.3 Å². The maximum Gasteiger partial charge on any atom is 0.328 e. The molecule has 1 aromatic rings. The second-order valence-electron chi connectivity index (χ2n) is 7.37. The van der Waals surface area contributed by atoms with Gasteiger partial charge in [-0.05, 0) is 50.3 Å². The second kappa shape index (κ2) is 10.1. The molecule has 0 radical (unpaired) electrons. The highest BCUT2D eigenvalue weighted by Crippen LogP contribution is 2.33. The van der Waals surface area contributed by atoms with Gasteiger partial charge in [-0.3, -0.25) is 9.59 Å². The summed E-state index contributed by atoms with van der Waals surface area (Å²) in [5, 5.41) is 5.45. The van der Waals surface area contributed by atoms with Crippen LogP contribution in [0.3, 0.4) is 0 Å². The fourth-order valence-corrected chi connectivity index (χ4v) is 3.24. The number of ether oxygens (including phenoxy) is 2. The fourth-order valence-electron chi connectivity index (χ4n) is 3.24. The van der Waals surface area contributed by atoms with E-state index in [1.165, 1.54) is 0 Å². The Hall–Kier alpha value is -2.57. The number of carbonyl (C=O) groups excluding carboxylic acids is 3. The molecule has 2 rings (SSSR count). The molecular formula is C21H30N2O5. The third-order valence-corrected chi connectivity index (χ3v) is 4.98. The predicted molar refractivity (Wildman–Crippen MR) is 105 cm³/mol. The molecule has 0 spiro atoms. The number of carbonyl (C=O) groups is 3. The van der Waals surface area contributed by atoms with Gasteiger partial charge in [0.25, 0.3) is 0 Å². The molecule has 2 N–H and O–H groups in total. The van der Waals surface area contributed by atoms with Crippen LogP contribution in [-0.4, -0.2) is 43.6 Å². The second-order valence-corrected chi connectivity index (χ2v) is 7.37. The van der Waals surface area contributed by atoms with E-state index in [1.54, 1.807) is 33.1 Å². The minimum absolute atomic E-state index is 0.0228. The molecule has 1 aromatic carbocycles. The molecule has 0 saturated heterocycles. The predicted octanol–water partition coefficient (Wildman–Crippen LogP) is 1.84. The number of hydrogen-bond donors (Lipinski definition) is 2. The molecular weight excluding hydrogens is 360 g/mol. The normalized spacial score (nSPS) is 20.3. The Morgan fingerprint density at radius 3 is 2.32 bits per heavy atom. The van der Waals surface area contributed by atoms with Crippen LogP contribution >= 0.6 is 0 Å². The number of benzene rings is 1. The summed E-state index contributed by atoms with van der Waals surface area (Å²) in [4.78, 5) is 37.0. The van der Waals surface area contributed by atoms with Crippen molar-refractivity contribution in [1.82, 2.24) is 10.6 Å². The van der Waals surface area contributed by atoms with E-state index in [4.69, 9.17) is 9.47 Å². The van der Waals surface area contributed by atoms with E-state index in [1.807, 2.05) is 12.1 Å². The largest absolute Gasteiger partial charge is 0.497 e. The summed E-state index contributed by atoms with van der Waals surface area (Å²) in [6, 6.07) is 5.70. The van der Waals surface area contributed by atoms with E-state index in [0.29, 0.717) is 11.7 Å². The monoisotopic (exact) mass is 390 g/mol. The molecule has 0 aromatic heterocycles. The maximum absolute atomic E-state index is 12.5. The van der Waals surface area contributed by atoms with E-state index in [9.17, 15) is 14.4 Å². The minimum atomic E-state index is -0.830. The van der Waals surface area contributed by atoms with E-state index >= 15 is 0 Å². The molecule has 28 heavy (non-hydrogen) atoms. The summed E-state index contributed by atoms with van der Waals surface area (Å²) < 4.78 is 10.2. The highest BCUT2D eigenvalue weighted by atomic mass is 16.5. The maximum atomic E-state index is 12.5. The number of amides is 2. The Kier molecular flexibility index (Phi) is 7.84. The van der Waals surface area contributed by atoms with Crippen LogP contribution in [0.4, 0.5) is 0 Å². The number of nitrogens with one attached hydrogen (secondary N) is 2. The molecule has 2 atom stereocenters. The molecule has 2 amide bonds. The van der Waals surface area contributed by atoms with Crippen molar-refractivity contribution in [3.63, 3.8) is 0 Å². The number of hydrogen-bond acceptors (Lipinski definition) is 5. The Balaban J connectivity index is 1.96. The average molecular weight is 390 g/mol. The van der Waals surface area contributed by atoms with Gasteiger partial charge in [0.2, 0.25) is 11.8 Å². The summed E-state index contributed by atoms with van der Waals surface area (Å²) >= 11 is 0. The van der Waals surface area contributed by atoms with Crippen LogP contribution in [0.2, 0.25) is 0 Å². The smallest absolute Gasteiger partial charge is 0.328 e. The molecule has 7 nitrogen and oxygen atoms in total. The molecule has 0 bridgehead atoms. The first-order valence-corrected chi connectivity index (χ1v) is 9.74. The third kappa shape index (κ3) is 5.97. The van der Waals surface area contributed by atoms with Crippen molar-refractivity contribution in [3.8, 4) is 5.75 Å². The van der Waals surface area contributed by atoms with Gasteiger partial charge in [-0.25, -0.2) is 4.79 Å². The first kappa shape index (κ1) is 21.7. The van der Waals surface area contributed by atoms with Gasteiger partial charge in [0.05, 0.1) is 13.7 Å². The molecule has 7 heteroatoms. The lowest BCUT2D eigenvalue weighted by Crippen LogP contribution is -2.53. The van der Waals surface area contributed by atoms with Crippen molar-refractivity contribution in [2.75, 3.05) is 13.7 Å². The first-order chi connectivity index (χ1) is 13.3. The minimum Gasteiger partial charge on any atom is -0.497 e. The van der Waals surface area contributed by atoms with Gasteiger partial charge >= 0.3 is 5.97 Å². The summed E-state index contributed by atoms with van der Waals surface area (Å²) in [7, 11) is 1.58. The van der Waals surface area contributed by atoms with Crippen LogP contribution in [0.1, 0.15) is 39.2 Å². The van der Waals surface area contributed by atoms with Crippen molar-refractivity contribution >= 4 is 17.8 Å². The number of esters is 1. The lowest BCUT2D eigenvalue weighted by molar-refractivity contribution is -0.147. The molecule has 1 fully saturated rings. The Labute approximate surface area is 166 Å². The van der Waals surface area contributed by atoms with Gasteiger partial charge in [-0.2, -0.15) is 0 Å². The highest BCUT2D eigenvalue weighted by molar-refractivity contribution is 5.91. The van der Waals surface area contributed by atoms with Gasteiger partial charge in [-0.15, -0.1) is 0 Å². The van der Waals surface area contributed by atoms with Crippen molar-refractivity contribution in [2.45, 2.75) is 52.1 Å². The van der Waals surface area contributed by atoms with Crippen molar-refractivity contribution < 1.29 is 23.9 Å². The van der Waals surface area contributed by atoms with Gasteiger partial charge in [0.15, 0.2) is 0 Å². The summed E-state index contributed by atoms with van der Waals surface area (Å²) in [6.07, 6.45) is 1.99. The zero-order valence-electron chi connectivity index (χ0n) is 17.0. The Morgan fingerprint density at radius 1 is 1.14 bits per heavy atom. The van der Waals surface area contributed by atoms with Crippen molar-refractivity contribution in [3.05, 3.63) is 29.8 Å². The molecule has 0 heterocycles. The fraction of sp³-hybridized carbons (Fsp3) is 0.571. The lowest BCUT2D eigenvalue weighted by Gasteiger charge is -2.32. The Bertz CT molecular complexity index is 683. The highest BCUT2D eigenvalue weighted by Gasteiger charge is 2.33. The number of methoxy groups -OCH3 is 1. The van der Waals surface area contributed by atoms with Crippen molar-refractivity contribution in [2.24, 2.45) is 11.8 Å². The van der Waals surface area contributed by atoms with Crippen LogP contribution in [0, 0.1) is 11.8 Å². The Morgan fingerprint density at radius 2 is 1.79 bits per heavy atom. The van der Waals surface area contributed by atoms with Crippen molar-refractivity contribution in [1.29, 1.82) is 0 Å². The van der Waals surface area contributed by atoms with Crippen LogP contribution < -0.4 is 15.4 Å². The van der Waals surface area contributed by atoms with E-state index in [-0.39, 0.29) is 24.9 Å². The average Bonchev–Trinajstić information content (AvgIpc) is 2.65. The summed E-state index contributed by atoms with van der Waals surface area (Å²) in [5.74, 6) is 0.221. The SMILES string of the molecule is CCOC(=O)[C@H](Cc1ccc(OC)cc1)NC(=O)[C@@H](C)NC(=O)C1CC(C)C1. The number of rotatable bonds is 9. The van der Waals surface area contributed by atoms with Crippen LogP contribution in [0.5, 0.6) is 5.75 Å². The molecule has 1 saturated carbocycles. The van der Waals surface area contributed by atoms with Crippen LogP contribution in [0.15, 0.2) is 24.3 Å². The quantitative estimate of drug-likeness (QED) is 0.628. The summed E-state index contributed by atoms with van der Waals surface area (Å²) in [5.41, 5.74) is 0.860. The standard InChI is InChI=1S/C21H30N2O5/c1-5-28-21(26)18(12-15-6-8-17(27-4)9-7-15)23-19(24)14(3)22-20(25)16-10-13(2)11-16/h6-9,13-14,16,18H,5,10-12H2,1-4H3,(H,22,25)(H,23,24)/t13?,14-,16?,18+/m1/s1. The van der Waals surface area contributed by atoms with E-state index < -0.39 is 24.0 Å². The molecule has 1 aliphatic rings. The van der Waals surface area contributed by atoms with E-state index in [2.05, 4.69) is 17.6 Å². The van der Waals surface area contributed by atoms with Gasteiger partial charge < -0.3 is 20.1 Å². The van der Waals surface area contributed by atoms with Gasteiger partial charge in [0.1, 0.15) is 17.8 Å². The van der Waals surface area contributed by atoms with Gasteiger partial charge in [-0.1, -0.05) is 19.1 Å². The van der Waals surface area contributed by atoms with E-state index in [0.717, 1.165) is 18.4 Å². The topological polar surface area (TPSA) is 93.7 Å².